The maximum absolute atomic E-state index is 11.9. The molecular formula is C16H22ClN3O2. The lowest BCUT2D eigenvalue weighted by molar-refractivity contribution is -0.124. The first kappa shape index (κ1) is 16.8. The van der Waals surface area contributed by atoms with E-state index in [1.165, 1.54) is 0 Å². The van der Waals surface area contributed by atoms with Crippen LogP contribution in [-0.4, -0.2) is 42.9 Å². The summed E-state index contributed by atoms with van der Waals surface area (Å²) in [4.78, 5) is 25.1. The summed E-state index contributed by atoms with van der Waals surface area (Å²) in [5, 5.41) is 3.64. The Morgan fingerprint density at radius 1 is 1.23 bits per heavy atom. The second kappa shape index (κ2) is 8.15. The molecule has 2 amide bonds. The first-order chi connectivity index (χ1) is 10.5. The summed E-state index contributed by atoms with van der Waals surface area (Å²) in [5.74, 6) is -0.247. The molecule has 3 N–H and O–H groups in total. The van der Waals surface area contributed by atoms with E-state index in [0.717, 1.165) is 37.9 Å². The molecule has 1 aromatic carbocycles. The van der Waals surface area contributed by atoms with Crippen molar-refractivity contribution in [1.82, 2.24) is 10.2 Å². The third kappa shape index (κ3) is 5.31. The van der Waals surface area contributed by atoms with Crippen molar-refractivity contribution < 1.29 is 9.59 Å². The third-order valence-corrected chi connectivity index (χ3v) is 4.26. The molecule has 1 fully saturated rings. The van der Waals surface area contributed by atoms with Gasteiger partial charge in [0.2, 0.25) is 11.8 Å². The number of hydrogen-bond acceptors (Lipinski definition) is 3. The lowest BCUT2D eigenvalue weighted by atomic mass is 9.96. The lowest BCUT2D eigenvalue weighted by Crippen LogP contribution is -2.43. The fourth-order valence-electron chi connectivity index (χ4n) is 2.63. The van der Waals surface area contributed by atoms with Crippen molar-refractivity contribution in [2.45, 2.75) is 19.3 Å². The molecule has 1 aromatic rings. The fourth-order valence-corrected chi connectivity index (χ4v) is 2.76. The number of benzene rings is 1. The van der Waals surface area contributed by atoms with Gasteiger partial charge in [0.05, 0.1) is 6.54 Å². The van der Waals surface area contributed by atoms with Crippen molar-refractivity contribution in [3.05, 3.63) is 34.9 Å². The van der Waals surface area contributed by atoms with E-state index in [0.29, 0.717) is 18.1 Å². The van der Waals surface area contributed by atoms with E-state index in [2.05, 4.69) is 10.2 Å². The first-order valence-corrected chi connectivity index (χ1v) is 7.95. The standard InChI is InChI=1S/C16H22ClN3O2/c17-14-3-1-12(2-4-14)5-8-19-15(21)11-20-9-6-13(7-10-20)16(18)22/h1-4,13H,5-11H2,(H2,18,22)(H,19,21). The number of likely N-dealkylation sites (tertiary alicyclic amines) is 1. The minimum atomic E-state index is -0.230. The van der Waals surface area contributed by atoms with Crippen LogP contribution in [-0.2, 0) is 16.0 Å². The number of primary amides is 1. The summed E-state index contributed by atoms with van der Waals surface area (Å²) >= 11 is 5.83. The van der Waals surface area contributed by atoms with E-state index in [1.54, 1.807) is 0 Å². The van der Waals surface area contributed by atoms with Gasteiger partial charge in [-0.05, 0) is 50.0 Å². The van der Waals surface area contributed by atoms with Gasteiger partial charge in [0.15, 0.2) is 0 Å². The van der Waals surface area contributed by atoms with Crippen LogP contribution in [0.15, 0.2) is 24.3 Å². The van der Waals surface area contributed by atoms with Crippen LogP contribution in [0, 0.1) is 5.92 Å². The highest BCUT2D eigenvalue weighted by atomic mass is 35.5. The first-order valence-electron chi connectivity index (χ1n) is 7.57. The molecule has 0 radical (unpaired) electrons. The van der Waals surface area contributed by atoms with Crippen LogP contribution in [0.4, 0.5) is 0 Å². The van der Waals surface area contributed by atoms with Crippen LogP contribution < -0.4 is 11.1 Å². The Morgan fingerprint density at radius 2 is 1.86 bits per heavy atom. The summed E-state index contributed by atoms with van der Waals surface area (Å²) in [5.41, 5.74) is 6.44. The predicted octanol–water partition coefficient (Wildman–Crippen LogP) is 1.20. The fraction of sp³-hybridized carbons (Fsp3) is 0.500. The van der Waals surface area contributed by atoms with Gasteiger partial charge in [0.25, 0.3) is 0 Å². The maximum atomic E-state index is 11.9. The number of nitrogens with two attached hydrogens (primary N) is 1. The van der Waals surface area contributed by atoms with Crippen LogP contribution >= 0.6 is 11.6 Å². The SMILES string of the molecule is NC(=O)C1CCN(CC(=O)NCCc2ccc(Cl)cc2)CC1. The molecule has 0 aromatic heterocycles. The van der Waals surface area contributed by atoms with E-state index in [-0.39, 0.29) is 17.7 Å². The zero-order valence-electron chi connectivity index (χ0n) is 12.6. The van der Waals surface area contributed by atoms with Gasteiger partial charge >= 0.3 is 0 Å². The number of carbonyl (C=O) groups is 2. The molecule has 1 aliphatic rings. The van der Waals surface area contributed by atoms with E-state index >= 15 is 0 Å². The highest BCUT2D eigenvalue weighted by Crippen LogP contribution is 2.16. The van der Waals surface area contributed by atoms with Gasteiger partial charge in [-0.2, -0.15) is 0 Å². The highest BCUT2D eigenvalue weighted by Gasteiger charge is 2.23. The molecule has 1 saturated heterocycles. The van der Waals surface area contributed by atoms with E-state index in [4.69, 9.17) is 17.3 Å². The van der Waals surface area contributed by atoms with Crippen molar-refractivity contribution >= 4 is 23.4 Å². The molecule has 0 aliphatic carbocycles. The average Bonchev–Trinajstić information content (AvgIpc) is 2.50. The second-order valence-electron chi connectivity index (χ2n) is 5.68. The molecule has 22 heavy (non-hydrogen) atoms. The van der Waals surface area contributed by atoms with Crippen molar-refractivity contribution in [1.29, 1.82) is 0 Å². The van der Waals surface area contributed by atoms with Crippen LogP contribution in [0.2, 0.25) is 5.02 Å². The molecule has 1 heterocycles. The van der Waals surface area contributed by atoms with Gasteiger partial charge in [-0.25, -0.2) is 0 Å². The maximum Gasteiger partial charge on any atom is 0.234 e. The molecule has 120 valence electrons. The topological polar surface area (TPSA) is 75.4 Å². The summed E-state index contributed by atoms with van der Waals surface area (Å²) < 4.78 is 0. The highest BCUT2D eigenvalue weighted by molar-refractivity contribution is 6.30. The Labute approximate surface area is 135 Å². The second-order valence-corrected chi connectivity index (χ2v) is 6.12. The van der Waals surface area contributed by atoms with E-state index in [1.807, 2.05) is 24.3 Å². The normalized spacial score (nSPS) is 16.4. The number of halogens is 1. The van der Waals surface area contributed by atoms with Crippen molar-refractivity contribution in [2.75, 3.05) is 26.2 Å². The van der Waals surface area contributed by atoms with Crippen LogP contribution in [0.25, 0.3) is 0 Å². The zero-order chi connectivity index (χ0) is 15.9. The molecule has 0 spiro atoms. The quantitative estimate of drug-likeness (QED) is 0.826. The van der Waals surface area contributed by atoms with Crippen LogP contribution in [0.1, 0.15) is 18.4 Å². The predicted molar refractivity (Wildman–Crippen MR) is 86.5 cm³/mol. The minimum absolute atomic E-state index is 0.0199. The summed E-state index contributed by atoms with van der Waals surface area (Å²) in [6.07, 6.45) is 2.27. The Bertz CT molecular complexity index is 511. The smallest absolute Gasteiger partial charge is 0.234 e. The Hall–Kier alpha value is -1.59. The van der Waals surface area contributed by atoms with Crippen molar-refractivity contribution in [3.63, 3.8) is 0 Å². The van der Waals surface area contributed by atoms with Crippen molar-refractivity contribution in [3.8, 4) is 0 Å². The van der Waals surface area contributed by atoms with Gasteiger partial charge in [-0.15, -0.1) is 0 Å². The molecule has 0 unspecified atom stereocenters. The summed E-state index contributed by atoms with van der Waals surface area (Å²) in [6.45, 7) is 2.49. The summed E-state index contributed by atoms with van der Waals surface area (Å²) in [7, 11) is 0. The monoisotopic (exact) mass is 323 g/mol. The average molecular weight is 324 g/mol. The third-order valence-electron chi connectivity index (χ3n) is 4.01. The van der Waals surface area contributed by atoms with Gasteiger partial charge in [0.1, 0.15) is 0 Å². The number of nitrogens with one attached hydrogen (secondary N) is 1. The molecule has 5 nitrogen and oxygen atoms in total. The van der Waals surface area contributed by atoms with Gasteiger partial charge in [-0.1, -0.05) is 23.7 Å². The number of hydrogen-bond donors (Lipinski definition) is 2. The minimum Gasteiger partial charge on any atom is -0.369 e. The van der Waals surface area contributed by atoms with Crippen LogP contribution in [0.5, 0.6) is 0 Å². The zero-order valence-corrected chi connectivity index (χ0v) is 13.3. The Kier molecular flexibility index (Phi) is 6.21. The van der Waals surface area contributed by atoms with E-state index in [9.17, 15) is 9.59 Å². The van der Waals surface area contributed by atoms with Gasteiger partial charge in [-0.3, -0.25) is 14.5 Å². The molecular weight excluding hydrogens is 302 g/mol. The van der Waals surface area contributed by atoms with Gasteiger partial charge in [0, 0.05) is 17.5 Å². The van der Waals surface area contributed by atoms with Crippen molar-refractivity contribution in [2.24, 2.45) is 11.7 Å². The van der Waals surface area contributed by atoms with Crippen LogP contribution in [0.3, 0.4) is 0 Å². The largest absolute Gasteiger partial charge is 0.369 e. The Morgan fingerprint density at radius 3 is 2.45 bits per heavy atom. The molecule has 2 rings (SSSR count). The van der Waals surface area contributed by atoms with E-state index < -0.39 is 0 Å². The Balaban J connectivity index is 1.64. The molecule has 1 aliphatic heterocycles. The molecule has 0 bridgehead atoms. The molecule has 0 atom stereocenters. The molecule has 0 saturated carbocycles. The number of carbonyl (C=O) groups excluding carboxylic acids is 2. The lowest BCUT2D eigenvalue weighted by Gasteiger charge is -2.29. The number of rotatable bonds is 6. The number of piperidine rings is 1. The molecule has 6 heteroatoms. The number of nitrogens with zero attached hydrogens (tertiary/aromatic N) is 1. The number of amides is 2. The summed E-state index contributed by atoms with van der Waals surface area (Å²) in [6, 6.07) is 7.62. The van der Waals surface area contributed by atoms with Gasteiger partial charge < -0.3 is 11.1 Å².